The predicted molar refractivity (Wildman–Crippen MR) is 61.9 cm³/mol. The van der Waals surface area contributed by atoms with E-state index in [0.29, 0.717) is 25.0 Å². The van der Waals surface area contributed by atoms with Crippen LogP contribution in [0.25, 0.3) is 0 Å². The van der Waals surface area contributed by atoms with E-state index in [9.17, 15) is 4.79 Å². The summed E-state index contributed by atoms with van der Waals surface area (Å²) >= 11 is 0. The van der Waals surface area contributed by atoms with Crippen LogP contribution < -0.4 is 5.73 Å². The molecule has 0 aromatic heterocycles. The van der Waals surface area contributed by atoms with Gasteiger partial charge in [-0.25, -0.2) is 0 Å². The summed E-state index contributed by atoms with van der Waals surface area (Å²) in [6, 6.07) is 0. The van der Waals surface area contributed by atoms with Crippen molar-refractivity contribution in [3.63, 3.8) is 0 Å². The number of nitrogens with two attached hydrogens (primary N) is 1. The average Bonchev–Trinajstić information content (AvgIpc) is 2.61. The molecule has 2 rings (SSSR count). The topological polar surface area (TPSA) is 55.6 Å². The molecule has 2 N–H and O–H groups in total. The second kappa shape index (κ2) is 5.64. The SMILES string of the molecule is NCC1CCCC1C(=O)N1CCCOCC1. The maximum atomic E-state index is 12.3. The molecular weight excluding hydrogens is 204 g/mol. The number of amides is 1. The normalized spacial score (nSPS) is 31.4. The van der Waals surface area contributed by atoms with Gasteiger partial charge < -0.3 is 15.4 Å². The molecule has 1 saturated carbocycles. The van der Waals surface area contributed by atoms with E-state index in [1.165, 1.54) is 0 Å². The summed E-state index contributed by atoms with van der Waals surface area (Å²) in [5.74, 6) is 0.915. The fourth-order valence-electron chi connectivity index (χ4n) is 2.85. The predicted octanol–water partition coefficient (Wildman–Crippen LogP) is 0.610. The van der Waals surface area contributed by atoms with E-state index >= 15 is 0 Å². The Morgan fingerprint density at radius 3 is 2.94 bits per heavy atom. The molecule has 2 fully saturated rings. The van der Waals surface area contributed by atoms with E-state index in [1.807, 2.05) is 4.90 Å². The maximum absolute atomic E-state index is 12.3. The molecule has 2 atom stereocenters. The van der Waals surface area contributed by atoms with Crippen molar-refractivity contribution in [2.24, 2.45) is 17.6 Å². The quantitative estimate of drug-likeness (QED) is 0.750. The van der Waals surface area contributed by atoms with Crippen LogP contribution >= 0.6 is 0 Å². The summed E-state index contributed by atoms with van der Waals surface area (Å²) in [7, 11) is 0. The molecular formula is C12H22N2O2. The molecule has 2 aliphatic rings. The van der Waals surface area contributed by atoms with Crippen molar-refractivity contribution in [1.29, 1.82) is 0 Å². The molecule has 0 bridgehead atoms. The Balaban J connectivity index is 1.94. The lowest BCUT2D eigenvalue weighted by Crippen LogP contribution is -2.40. The van der Waals surface area contributed by atoms with Gasteiger partial charge in [-0.3, -0.25) is 4.79 Å². The minimum atomic E-state index is 0.183. The third-order valence-electron chi connectivity index (χ3n) is 3.81. The van der Waals surface area contributed by atoms with Crippen LogP contribution in [0.1, 0.15) is 25.7 Å². The van der Waals surface area contributed by atoms with E-state index in [1.54, 1.807) is 0 Å². The Bertz CT molecular complexity index is 237. The number of rotatable bonds is 2. The lowest BCUT2D eigenvalue weighted by Gasteiger charge is -2.26. The monoisotopic (exact) mass is 226 g/mol. The molecule has 4 heteroatoms. The van der Waals surface area contributed by atoms with Gasteiger partial charge in [0.05, 0.1) is 6.61 Å². The average molecular weight is 226 g/mol. The van der Waals surface area contributed by atoms with Crippen LogP contribution in [-0.2, 0) is 9.53 Å². The summed E-state index contributed by atoms with van der Waals surface area (Å²) in [5.41, 5.74) is 5.73. The van der Waals surface area contributed by atoms with Crippen LogP contribution in [0.4, 0.5) is 0 Å². The van der Waals surface area contributed by atoms with Crippen LogP contribution in [0.15, 0.2) is 0 Å². The second-order valence-corrected chi connectivity index (χ2v) is 4.82. The summed E-state index contributed by atoms with van der Waals surface area (Å²) in [5, 5.41) is 0. The zero-order chi connectivity index (χ0) is 11.4. The summed E-state index contributed by atoms with van der Waals surface area (Å²) in [6.45, 7) is 3.74. The molecule has 16 heavy (non-hydrogen) atoms. The highest BCUT2D eigenvalue weighted by molar-refractivity contribution is 5.79. The highest BCUT2D eigenvalue weighted by Gasteiger charge is 2.34. The van der Waals surface area contributed by atoms with Crippen molar-refractivity contribution in [2.45, 2.75) is 25.7 Å². The van der Waals surface area contributed by atoms with Gasteiger partial charge in [-0.2, -0.15) is 0 Å². The lowest BCUT2D eigenvalue weighted by molar-refractivity contribution is -0.136. The van der Waals surface area contributed by atoms with Crippen LogP contribution in [0, 0.1) is 11.8 Å². The Morgan fingerprint density at radius 1 is 1.25 bits per heavy atom. The molecule has 1 aliphatic carbocycles. The minimum Gasteiger partial charge on any atom is -0.380 e. The van der Waals surface area contributed by atoms with Gasteiger partial charge in [0, 0.05) is 25.6 Å². The van der Waals surface area contributed by atoms with E-state index < -0.39 is 0 Å². The third kappa shape index (κ3) is 2.55. The maximum Gasteiger partial charge on any atom is 0.226 e. The van der Waals surface area contributed by atoms with Gasteiger partial charge in [0.2, 0.25) is 5.91 Å². The molecule has 1 aliphatic heterocycles. The van der Waals surface area contributed by atoms with Crippen molar-refractivity contribution in [3.8, 4) is 0 Å². The van der Waals surface area contributed by atoms with Crippen LogP contribution in [0.3, 0.4) is 0 Å². The van der Waals surface area contributed by atoms with E-state index in [0.717, 1.165) is 45.4 Å². The van der Waals surface area contributed by atoms with Gasteiger partial charge in [-0.1, -0.05) is 6.42 Å². The molecule has 0 spiro atoms. The zero-order valence-electron chi connectivity index (χ0n) is 9.86. The second-order valence-electron chi connectivity index (χ2n) is 4.82. The molecule has 0 aromatic rings. The van der Waals surface area contributed by atoms with Gasteiger partial charge in [-0.05, 0) is 31.7 Å². The first-order chi connectivity index (χ1) is 7.83. The fraction of sp³-hybridized carbons (Fsp3) is 0.917. The number of hydrogen-bond donors (Lipinski definition) is 1. The van der Waals surface area contributed by atoms with Gasteiger partial charge in [0.15, 0.2) is 0 Å². The zero-order valence-corrected chi connectivity index (χ0v) is 9.86. The summed E-state index contributed by atoms with van der Waals surface area (Å²) in [4.78, 5) is 14.3. The van der Waals surface area contributed by atoms with Gasteiger partial charge in [0.1, 0.15) is 0 Å². The fourth-order valence-corrected chi connectivity index (χ4v) is 2.85. The summed E-state index contributed by atoms with van der Waals surface area (Å²) in [6.07, 6.45) is 4.27. The number of hydrogen-bond acceptors (Lipinski definition) is 3. The Kier molecular flexibility index (Phi) is 4.18. The lowest BCUT2D eigenvalue weighted by atomic mass is 9.94. The number of ether oxygens (including phenoxy) is 1. The van der Waals surface area contributed by atoms with Crippen molar-refractivity contribution in [1.82, 2.24) is 4.90 Å². The Hall–Kier alpha value is -0.610. The van der Waals surface area contributed by atoms with Crippen molar-refractivity contribution >= 4 is 5.91 Å². The van der Waals surface area contributed by atoms with Crippen LogP contribution in [-0.4, -0.2) is 43.7 Å². The van der Waals surface area contributed by atoms with Crippen LogP contribution in [0.5, 0.6) is 0 Å². The van der Waals surface area contributed by atoms with Crippen molar-refractivity contribution in [2.75, 3.05) is 32.8 Å². The first kappa shape index (κ1) is 11.9. The van der Waals surface area contributed by atoms with Gasteiger partial charge in [-0.15, -0.1) is 0 Å². The molecule has 0 aromatic carbocycles. The van der Waals surface area contributed by atoms with Crippen LogP contribution in [0.2, 0.25) is 0 Å². The number of carbonyl (C=O) groups excluding carboxylic acids is 1. The summed E-state index contributed by atoms with van der Waals surface area (Å²) < 4.78 is 5.37. The number of carbonyl (C=O) groups is 1. The molecule has 1 saturated heterocycles. The first-order valence-corrected chi connectivity index (χ1v) is 6.39. The smallest absolute Gasteiger partial charge is 0.226 e. The molecule has 1 amide bonds. The molecule has 2 unspecified atom stereocenters. The van der Waals surface area contributed by atoms with Gasteiger partial charge >= 0.3 is 0 Å². The minimum absolute atomic E-state index is 0.183. The van der Waals surface area contributed by atoms with E-state index in [4.69, 9.17) is 10.5 Å². The largest absolute Gasteiger partial charge is 0.380 e. The molecule has 4 nitrogen and oxygen atoms in total. The van der Waals surface area contributed by atoms with E-state index in [-0.39, 0.29) is 5.92 Å². The molecule has 1 heterocycles. The van der Waals surface area contributed by atoms with E-state index in [2.05, 4.69) is 0 Å². The molecule has 92 valence electrons. The van der Waals surface area contributed by atoms with Crippen molar-refractivity contribution in [3.05, 3.63) is 0 Å². The first-order valence-electron chi connectivity index (χ1n) is 6.39. The highest BCUT2D eigenvalue weighted by atomic mass is 16.5. The van der Waals surface area contributed by atoms with Gasteiger partial charge in [0.25, 0.3) is 0 Å². The standard InChI is InChI=1S/C12H22N2O2/c13-9-10-3-1-4-11(10)12(15)14-5-2-7-16-8-6-14/h10-11H,1-9,13H2. The third-order valence-corrected chi connectivity index (χ3v) is 3.81. The van der Waals surface area contributed by atoms with Crippen molar-refractivity contribution < 1.29 is 9.53 Å². The number of nitrogens with zero attached hydrogens (tertiary/aromatic N) is 1. The Labute approximate surface area is 97.1 Å². The molecule has 0 radical (unpaired) electrons. The highest BCUT2D eigenvalue weighted by Crippen LogP contribution is 2.32. The Morgan fingerprint density at radius 2 is 2.12 bits per heavy atom.